The van der Waals surface area contributed by atoms with Crippen LogP contribution >= 0.6 is 0 Å². The normalized spacial score (nSPS) is 14.1. The Hall–Kier alpha value is -2.92. The highest BCUT2D eigenvalue weighted by Gasteiger charge is 2.21. The second-order valence-electron chi connectivity index (χ2n) is 6.28. The minimum atomic E-state index is -0.0545. The van der Waals surface area contributed by atoms with Crippen molar-refractivity contribution in [3.05, 3.63) is 87.8 Å². The number of hydrogen-bond donors (Lipinski definition) is 2. The van der Waals surface area contributed by atoms with Crippen LogP contribution in [0.1, 0.15) is 16.8 Å². The molecule has 2 heterocycles. The maximum Gasteiger partial charge on any atom is 0.257 e. The highest BCUT2D eigenvalue weighted by Crippen LogP contribution is 2.18. The number of aromatic amines is 1. The van der Waals surface area contributed by atoms with Crippen LogP contribution in [-0.4, -0.2) is 21.4 Å². The Kier molecular flexibility index (Phi) is 4.31. The average molecular weight is 332 g/mol. The molecule has 5 heteroatoms. The number of nitrogens with zero attached hydrogens (tertiary/aromatic N) is 2. The van der Waals surface area contributed by atoms with Crippen LogP contribution < -0.4 is 10.9 Å². The molecule has 2 N–H and O–H groups in total. The van der Waals surface area contributed by atoms with Crippen molar-refractivity contribution in [1.82, 2.24) is 14.9 Å². The SMILES string of the molecule is O=c1[nH]c(Nc2ccccc2)nc2c1CN(Cc1ccccc1)CC2. The van der Waals surface area contributed by atoms with Crippen molar-refractivity contribution in [3.8, 4) is 0 Å². The molecule has 1 aliphatic heterocycles. The van der Waals surface area contributed by atoms with E-state index in [9.17, 15) is 4.79 Å². The van der Waals surface area contributed by atoms with Crippen molar-refractivity contribution < 1.29 is 0 Å². The van der Waals surface area contributed by atoms with E-state index >= 15 is 0 Å². The zero-order valence-corrected chi connectivity index (χ0v) is 13.9. The standard InChI is InChI=1S/C20H20N4O/c25-19-17-14-24(13-15-7-3-1-4-8-15)12-11-18(17)22-20(23-19)21-16-9-5-2-6-10-16/h1-10H,11-14H2,(H2,21,22,23,25). The smallest absolute Gasteiger partial charge is 0.257 e. The van der Waals surface area contributed by atoms with Gasteiger partial charge in [-0.3, -0.25) is 14.7 Å². The van der Waals surface area contributed by atoms with Gasteiger partial charge in [0.1, 0.15) is 0 Å². The number of aromatic nitrogens is 2. The van der Waals surface area contributed by atoms with Gasteiger partial charge < -0.3 is 5.32 Å². The van der Waals surface area contributed by atoms with E-state index in [2.05, 4.69) is 32.3 Å². The zero-order valence-electron chi connectivity index (χ0n) is 13.9. The van der Waals surface area contributed by atoms with Gasteiger partial charge in [0.15, 0.2) is 0 Å². The molecule has 1 aliphatic rings. The number of hydrogen-bond acceptors (Lipinski definition) is 4. The Morgan fingerprint density at radius 3 is 2.52 bits per heavy atom. The Morgan fingerprint density at radius 1 is 1.04 bits per heavy atom. The highest BCUT2D eigenvalue weighted by molar-refractivity contribution is 5.52. The lowest BCUT2D eigenvalue weighted by molar-refractivity contribution is 0.242. The van der Waals surface area contributed by atoms with Crippen molar-refractivity contribution in [2.75, 3.05) is 11.9 Å². The maximum absolute atomic E-state index is 12.5. The van der Waals surface area contributed by atoms with Gasteiger partial charge in [0.2, 0.25) is 5.95 Å². The minimum absolute atomic E-state index is 0.0545. The molecule has 1 aromatic heterocycles. The first kappa shape index (κ1) is 15.6. The molecule has 0 fully saturated rings. The largest absolute Gasteiger partial charge is 0.326 e. The monoisotopic (exact) mass is 332 g/mol. The average Bonchev–Trinajstić information content (AvgIpc) is 2.64. The van der Waals surface area contributed by atoms with Crippen LogP contribution in [0.2, 0.25) is 0 Å². The van der Waals surface area contributed by atoms with E-state index in [4.69, 9.17) is 0 Å². The summed E-state index contributed by atoms with van der Waals surface area (Å²) >= 11 is 0. The van der Waals surface area contributed by atoms with E-state index in [1.54, 1.807) is 0 Å². The molecule has 0 aliphatic carbocycles. The lowest BCUT2D eigenvalue weighted by Gasteiger charge is -2.27. The highest BCUT2D eigenvalue weighted by atomic mass is 16.1. The van der Waals surface area contributed by atoms with Crippen LogP contribution in [-0.2, 0) is 19.5 Å². The molecule has 0 radical (unpaired) electrons. The molecular weight excluding hydrogens is 312 g/mol. The number of benzene rings is 2. The van der Waals surface area contributed by atoms with E-state index in [0.29, 0.717) is 12.5 Å². The van der Waals surface area contributed by atoms with E-state index < -0.39 is 0 Å². The van der Waals surface area contributed by atoms with Crippen LogP contribution in [0.15, 0.2) is 65.5 Å². The molecule has 3 aromatic rings. The predicted octanol–water partition coefficient (Wildman–Crippen LogP) is 3.07. The molecule has 126 valence electrons. The van der Waals surface area contributed by atoms with Gasteiger partial charge in [-0.2, -0.15) is 0 Å². The van der Waals surface area contributed by atoms with Crippen LogP contribution in [0.4, 0.5) is 11.6 Å². The van der Waals surface area contributed by atoms with E-state index in [1.807, 2.05) is 48.5 Å². The lowest BCUT2D eigenvalue weighted by Crippen LogP contribution is -2.35. The summed E-state index contributed by atoms with van der Waals surface area (Å²) in [5, 5.41) is 3.17. The molecule has 25 heavy (non-hydrogen) atoms. The summed E-state index contributed by atoms with van der Waals surface area (Å²) in [6.45, 7) is 2.39. The van der Waals surface area contributed by atoms with Gasteiger partial charge in [-0.15, -0.1) is 0 Å². The third-order valence-corrected chi connectivity index (χ3v) is 4.43. The van der Waals surface area contributed by atoms with Gasteiger partial charge in [0.25, 0.3) is 5.56 Å². The van der Waals surface area contributed by atoms with Gasteiger partial charge in [-0.05, 0) is 17.7 Å². The molecule has 0 amide bonds. The Labute approximate surface area is 146 Å². The van der Waals surface area contributed by atoms with E-state index in [0.717, 1.165) is 36.5 Å². The number of H-pyrrole nitrogens is 1. The Balaban J connectivity index is 1.52. The number of rotatable bonds is 4. The third-order valence-electron chi connectivity index (χ3n) is 4.43. The second kappa shape index (κ2) is 6.91. The molecule has 0 atom stereocenters. The van der Waals surface area contributed by atoms with Crippen LogP contribution in [0.3, 0.4) is 0 Å². The number of anilines is 2. The summed E-state index contributed by atoms with van der Waals surface area (Å²) in [4.78, 5) is 22.3. The van der Waals surface area contributed by atoms with Crippen LogP contribution in [0.25, 0.3) is 0 Å². The first-order chi connectivity index (χ1) is 12.3. The fraction of sp³-hybridized carbons (Fsp3) is 0.200. The third kappa shape index (κ3) is 3.61. The second-order valence-corrected chi connectivity index (χ2v) is 6.28. The van der Waals surface area contributed by atoms with Gasteiger partial charge in [0, 0.05) is 31.7 Å². The van der Waals surface area contributed by atoms with Crippen molar-refractivity contribution in [2.24, 2.45) is 0 Å². The summed E-state index contributed by atoms with van der Waals surface area (Å²) in [5.74, 6) is 0.506. The molecule has 5 nitrogen and oxygen atoms in total. The van der Waals surface area contributed by atoms with Crippen LogP contribution in [0, 0.1) is 0 Å². The summed E-state index contributed by atoms with van der Waals surface area (Å²) in [5.41, 5.74) is 3.79. The van der Waals surface area contributed by atoms with E-state index in [-0.39, 0.29) is 5.56 Å². The van der Waals surface area contributed by atoms with Crippen molar-refractivity contribution >= 4 is 11.6 Å². The number of fused-ring (bicyclic) bond motifs is 1. The minimum Gasteiger partial charge on any atom is -0.326 e. The summed E-state index contributed by atoms with van der Waals surface area (Å²) in [6, 6.07) is 20.1. The van der Waals surface area contributed by atoms with Gasteiger partial charge >= 0.3 is 0 Å². The molecule has 0 bridgehead atoms. The van der Waals surface area contributed by atoms with Gasteiger partial charge in [-0.25, -0.2) is 4.98 Å². The summed E-state index contributed by atoms with van der Waals surface area (Å²) in [6.07, 6.45) is 0.787. The fourth-order valence-electron chi connectivity index (χ4n) is 3.17. The Morgan fingerprint density at radius 2 is 1.76 bits per heavy atom. The van der Waals surface area contributed by atoms with Crippen LogP contribution in [0.5, 0.6) is 0 Å². The Bertz CT molecular complexity index is 906. The van der Waals surface area contributed by atoms with Crippen molar-refractivity contribution in [1.29, 1.82) is 0 Å². The van der Waals surface area contributed by atoms with E-state index in [1.165, 1.54) is 5.56 Å². The molecule has 0 saturated carbocycles. The predicted molar refractivity (Wildman–Crippen MR) is 98.8 cm³/mol. The van der Waals surface area contributed by atoms with Gasteiger partial charge in [0.05, 0.1) is 11.3 Å². The molecular formula is C20H20N4O. The molecule has 0 saturated heterocycles. The maximum atomic E-state index is 12.5. The molecule has 2 aromatic carbocycles. The fourth-order valence-corrected chi connectivity index (χ4v) is 3.17. The number of para-hydroxylation sites is 1. The topological polar surface area (TPSA) is 61.0 Å². The van der Waals surface area contributed by atoms with Gasteiger partial charge in [-0.1, -0.05) is 48.5 Å². The lowest BCUT2D eigenvalue weighted by atomic mass is 10.1. The van der Waals surface area contributed by atoms with Crippen molar-refractivity contribution in [2.45, 2.75) is 19.5 Å². The summed E-state index contributed by atoms with van der Waals surface area (Å²) < 4.78 is 0. The zero-order chi connectivity index (χ0) is 17.1. The molecule has 0 unspecified atom stereocenters. The van der Waals surface area contributed by atoms with Crippen molar-refractivity contribution in [3.63, 3.8) is 0 Å². The number of nitrogens with one attached hydrogen (secondary N) is 2. The molecule has 0 spiro atoms. The summed E-state index contributed by atoms with van der Waals surface area (Å²) in [7, 11) is 0. The molecule has 4 rings (SSSR count). The first-order valence-electron chi connectivity index (χ1n) is 8.48. The quantitative estimate of drug-likeness (QED) is 0.771. The first-order valence-corrected chi connectivity index (χ1v) is 8.48.